The average Bonchev–Trinajstić information content (AvgIpc) is 3.19. The topological polar surface area (TPSA) is 77.2 Å². The Kier molecular flexibility index (Phi) is 7.52. The van der Waals surface area contributed by atoms with Gasteiger partial charge in [-0.05, 0) is 48.1 Å². The van der Waals surface area contributed by atoms with E-state index in [1.807, 2.05) is 37.3 Å². The summed E-state index contributed by atoms with van der Waals surface area (Å²) in [5.41, 5.74) is 4.21. The van der Waals surface area contributed by atoms with Gasteiger partial charge in [-0.1, -0.05) is 62.9 Å². The number of hydrogen-bond acceptors (Lipinski definition) is 6. The third kappa shape index (κ3) is 5.86. The van der Waals surface area contributed by atoms with Crippen molar-refractivity contribution in [1.82, 2.24) is 10.2 Å². The van der Waals surface area contributed by atoms with Crippen molar-refractivity contribution in [2.75, 3.05) is 11.1 Å². The van der Waals surface area contributed by atoms with Crippen molar-refractivity contribution < 1.29 is 13.9 Å². The van der Waals surface area contributed by atoms with Gasteiger partial charge >= 0.3 is 0 Å². The molecule has 1 N–H and O–H groups in total. The van der Waals surface area contributed by atoms with Crippen LogP contribution in [0.4, 0.5) is 5.69 Å². The lowest BCUT2D eigenvalue weighted by Gasteiger charge is -2.13. The molecule has 158 valence electrons. The van der Waals surface area contributed by atoms with Crippen LogP contribution >= 0.6 is 11.8 Å². The number of carbonyl (C=O) groups is 1. The molecular weight excluding hydrogens is 398 g/mol. The number of anilines is 1. The lowest BCUT2D eigenvalue weighted by molar-refractivity contribution is -0.113. The van der Waals surface area contributed by atoms with Gasteiger partial charge in [-0.3, -0.25) is 4.79 Å². The number of aryl methyl sites for hydroxylation is 2. The molecule has 0 radical (unpaired) electrons. The Morgan fingerprint density at radius 3 is 2.77 bits per heavy atom. The molecule has 1 amide bonds. The Balaban J connectivity index is 1.53. The Bertz CT molecular complexity index is 1000. The summed E-state index contributed by atoms with van der Waals surface area (Å²) in [5.74, 6) is 1.64. The van der Waals surface area contributed by atoms with Crippen LogP contribution in [0.3, 0.4) is 0 Å². The number of nitrogens with one attached hydrogen (secondary N) is 1. The van der Waals surface area contributed by atoms with Crippen molar-refractivity contribution in [2.45, 2.75) is 51.9 Å². The van der Waals surface area contributed by atoms with E-state index in [0.717, 1.165) is 34.5 Å². The van der Waals surface area contributed by atoms with Crippen LogP contribution in [-0.4, -0.2) is 21.9 Å². The second-order valence-corrected chi connectivity index (χ2v) is 8.22. The predicted molar refractivity (Wildman–Crippen MR) is 119 cm³/mol. The number of aromatic nitrogens is 2. The van der Waals surface area contributed by atoms with Crippen LogP contribution in [0.1, 0.15) is 49.3 Å². The molecule has 0 saturated heterocycles. The maximum absolute atomic E-state index is 12.3. The molecule has 0 saturated carbocycles. The Morgan fingerprint density at radius 2 is 2.00 bits per heavy atom. The number of hydrogen-bond donors (Lipinski definition) is 1. The molecule has 0 spiro atoms. The molecule has 0 aliphatic heterocycles. The van der Waals surface area contributed by atoms with Gasteiger partial charge in [-0.2, -0.15) is 0 Å². The molecule has 3 rings (SSSR count). The van der Waals surface area contributed by atoms with Gasteiger partial charge in [0, 0.05) is 5.69 Å². The van der Waals surface area contributed by atoms with Crippen LogP contribution in [0.2, 0.25) is 0 Å². The third-order valence-electron chi connectivity index (χ3n) is 4.59. The van der Waals surface area contributed by atoms with E-state index in [1.54, 1.807) is 0 Å². The molecule has 0 unspecified atom stereocenters. The quantitative estimate of drug-likeness (QED) is 0.464. The number of ether oxygens (including phenoxy) is 1. The minimum absolute atomic E-state index is 0.113. The van der Waals surface area contributed by atoms with Crippen molar-refractivity contribution in [3.63, 3.8) is 0 Å². The largest absolute Gasteiger partial charge is 0.484 e. The zero-order valence-corrected chi connectivity index (χ0v) is 18.6. The number of carbonyl (C=O) groups excluding carboxylic acids is 1. The molecule has 6 nitrogen and oxygen atoms in total. The molecule has 1 heterocycles. The summed E-state index contributed by atoms with van der Waals surface area (Å²) < 4.78 is 11.5. The monoisotopic (exact) mass is 425 g/mol. The highest BCUT2D eigenvalue weighted by Gasteiger charge is 2.13. The van der Waals surface area contributed by atoms with Gasteiger partial charge in [0.15, 0.2) is 6.61 Å². The van der Waals surface area contributed by atoms with Crippen LogP contribution in [0.5, 0.6) is 5.75 Å². The normalized spacial score (nSPS) is 11.0. The summed E-state index contributed by atoms with van der Waals surface area (Å²) in [6.07, 6.45) is 0.857. The lowest BCUT2D eigenvalue weighted by Crippen LogP contribution is -2.15. The average molecular weight is 426 g/mol. The summed E-state index contributed by atoms with van der Waals surface area (Å²) in [4.78, 5) is 12.3. The Hall–Kier alpha value is -2.80. The molecule has 0 bridgehead atoms. The third-order valence-corrected chi connectivity index (χ3v) is 5.41. The number of thioether (sulfide) groups is 1. The molecule has 1 aromatic heterocycles. The van der Waals surface area contributed by atoms with Gasteiger partial charge in [0.2, 0.25) is 5.91 Å². The second-order valence-electron chi connectivity index (χ2n) is 7.29. The van der Waals surface area contributed by atoms with E-state index in [-0.39, 0.29) is 18.3 Å². The van der Waals surface area contributed by atoms with E-state index in [4.69, 9.17) is 9.15 Å². The van der Waals surface area contributed by atoms with E-state index < -0.39 is 0 Å². The zero-order chi connectivity index (χ0) is 21.5. The lowest BCUT2D eigenvalue weighted by atomic mass is 10.0. The minimum Gasteiger partial charge on any atom is -0.484 e. The van der Waals surface area contributed by atoms with Gasteiger partial charge in [-0.25, -0.2) is 0 Å². The predicted octanol–water partition coefficient (Wildman–Crippen LogP) is 5.37. The summed E-state index contributed by atoms with van der Waals surface area (Å²) >= 11 is 1.21. The molecule has 3 aromatic rings. The second kappa shape index (κ2) is 10.3. The minimum atomic E-state index is -0.113. The van der Waals surface area contributed by atoms with E-state index in [0.29, 0.717) is 17.0 Å². The first-order valence-corrected chi connectivity index (χ1v) is 11.0. The fourth-order valence-electron chi connectivity index (χ4n) is 3.00. The number of rotatable bonds is 9. The molecule has 0 aliphatic carbocycles. The summed E-state index contributed by atoms with van der Waals surface area (Å²) in [5, 5.41) is 11.3. The molecule has 0 fully saturated rings. The van der Waals surface area contributed by atoms with Gasteiger partial charge in [-0.15, -0.1) is 10.2 Å². The summed E-state index contributed by atoms with van der Waals surface area (Å²) in [6, 6.07) is 14.0. The van der Waals surface area contributed by atoms with Crippen LogP contribution in [0, 0.1) is 6.92 Å². The van der Waals surface area contributed by atoms with Gasteiger partial charge in [0.1, 0.15) is 5.75 Å². The van der Waals surface area contributed by atoms with Gasteiger partial charge < -0.3 is 14.5 Å². The van der Waals surface area contributed by atoms with Crippen molar-refractivity contribution >= 4 is 23.4 Å². The molecular formula is C23H27N3O3S. The van der Waals surface area contributed by atoms with Crippen LogP contribution in [0.15, 0.2) is 52.1 Å². The van der Waals surface area contributed by atoms with Crippen LogP contribution < -0.4 is 10.1 Å². The molecule has 30 heavy (non-hydrogen) atoms. The van der Waals surface area contributed by atoms with Crippen LogP contribution in [0.25, 0.3) is 0 Å². The first-order valence-electron chi connectivity index (χ1n) is 10.0. The maximum atomic E-state index is 12.3. The van der Waals surface area contributed by atoms with Crippen molar-refractivity contribution in [2.24, 2.45) is 0 Å². The van der Waals surface area contributed by atoms with Crippen LogP contribution in [-0.2, 0) is 17.8 Å². The number of para-hydroxylation sites is 1. The number of nitrogens with zero attached hydrogens (tertiary/aromatic N) is 2. The summed E-state index contributed by atoms with van der Waals surface area (Å²) in [7, 11) is 0. The highest BCUT2D eigenvalue weighted by atomic mass is 32.2. The Morgan fingerprint density at radius 1 is 1.20 bits per heavy atom. The molecule has 7 heteroatoms. The maximum Gasteiger partial charge on any atom is 0.277 e. The molecule has 0 atom stereocenters. The highest BCUT2D eigenvalue weighted by Crippen LogP contribution is 2.28. The van der Waals surface area contributed by atoms with Crippen molar-refractivity contribution in [3.05, 3.63) is 65.0 Å². The fourth-order valence-corrected chi connectivity index (χ4v) is 3.58. The van der Waals surface area contributed by atoms with E-state index in [2.05, 4.69) is 48.4 Å². The first-order chi connectivity index (χ1) is 14.5. The molecule has 2 aromatic carbocycles. The van der Waals surface area contributed by atoms with Crippen molar-refractivity contribution in [3.8, 4) is 5.75 Å². The van der Waals surface area contributed by atoms with Crippen molar-refractivity contribution in [1.29, 1.82) is 0 Å². The van der Waals surface area contributed by atoms with E-state index >= 15 is 0 Å². The molecule has 0 aliphatic rings. The summed E-state index contributed by atoms with van der Waals surface area (Å²) in [6.45, 7) is 8.53. The number of amides is 1. The van der Waals surface area contributed by atoms with E-state index in [9.17, 15) is 4.79 Å². The van der Waals surface area contributed by atoms with Gasteiger partial charge in [0.25, 0.3) is 11.1 Å². The highest BCUT2D eigenvalue weighted by molar-refractivity contribution is 7.99. The number of benzene rings is 2. The van der Waals surface area contributed by atoms with Gasteiger partial charge in [0.05, 0.1) is 5.75 Å². The fraction of sp³-hybridized carbons (Fsp3) is 0.348. The standard InChI is InChI=1S/C23H27N3O3S/c1-5-17-8-6-7-9-19(17)24-21(27)14-30-23-26-25-22(29-23)13-28-20-12-16(4)10-11-18(20)15(2)3/h6-12,15H,5,13-14H2,1-4H3,(H,24,27). The first kappa shape index (κ1) is 21.9. The SMILES string of the molecule is CCc1ccccc1NC(=O)CSc1nnc(COc2cc(C)ccc2C(C)C)o1. The van der Waals surface area contributed by atoms with E-state index in [1.165, 1.54) is 11.8 Å². The Labute approximate surface area is 181 Å². The zero-order valence-electron chi connectivity index (χ0n) is 17.8. The smallest absolute Gasteiger partial charge is 0.277 e.